The van der Waals surface area contributed by atoms with Gasteiger partial charge in [-0.1, -0.05) is 46.5 Å². The zero-order valence-corrected chi connectivity index (χ0v) is 17.9. The predicted octanol–water partition coefficient (Wildman–Crippen LogP) is 6.94. The van der Waals surface area contributed by atoms with Crippen molar-refractivity contribution < 1.29 is 0 Å². The molecule has 4 aliphatic rings. The first-order valence-corrected chi connectivity index (χ1v) is 12.2. The summed E-state index contributed by atoms with van der Waals surface area (Å²) in [5.41, 5.74) is 7.67. The van der Waals surface area contributed by atoms with Crippen LogP contribution < -0.4 is 5.73 Å². The van der Waals surface area contributed by atoms with E-state index in [0.29, 0.717) is 16.9 Å². The number of hydrogen-bond acceptors (Lipinski definition) is 1. The van der Waals surface area contributed by atoms with E-state index in [1.807, 2.05) is 0 Å². The number of hydrogen-bond donors (Lipinski definition) is 1. The normalized spacial score (nSPS) is 50.8. The lowest BCUT2D eigenvalue weighted by Gasteiger charge is -2.61. The Morgan fingerprint density at radius 1 is 0.808 bits per heavy atom. The Morgan fingerprint density at radius 3 is 2.38 bits per heavy atom. The van der Waals surface area contributed by atoms with E-state index in [1.165, 1.54) is 77.0 Å². The third kappa shape index (κ3) is 3.09. The third-order valence-electron chi connectivity index (χ3n) is 10.3. The van der Waals surface area contributed by atoms with Crippen LogP contribution in [0.3, 0.4) is 0 Å². The quantitative estimate of drug-likeness (QED) is 0.528. The maximum Gasteiger partial charge on any atom is 0.00418 e. The molecule has 0 aromatic heterocycles. The molecule has 0 aliphatic heterocycles. The van der Waals surface area contributed by atoms with Crippen molar-refractivity contribution in [3.05, 3.63) is 0 Å². The maximum atomic E-state index is 6.36. The summed E-state index contributed by atoms with van der Waals surface area (Å²) in [5.74, 6) is 5.08. The summed E-state index contributed by atoms with van der Waals surface area (Å²) in [6.07, 6.45) is 20.5. The molecule has 4 rings (SSSR count). The monoisotopic (exact) mass is 359 g/mol. The predicted molar refractivity (Wildman–Crippen MR) is 112 cm³/mol. The summed E-state index contributed by atoms with van der Waals surface area (Å²) in [5, 5.41) is 0. The first-order valence-electron chi connectivity index (χ1n) is 12.2. The zero-order chi connectivity index (χ0) is 18.4. The van der Waals surface area contributed by atoms with E-state index in [-0.39, 0.29) is 0 Å². The van der Waals surface area contributed by atoms with Crippen molar-refractivity contribution in [1.82, 2.24) is 0 Å². The molecule has 0 saturated heterocycles. The Bertz CT molecular complexity index is 487. The van der Waals surface area contributed by atoms with Crippen LogP contribution >= 0.6 is 0 Å². The second kappa shape index (κ2) is 7.41. The van der Waals surface area contributed by atoms with Crippen molar-refractivity contribution in [3.8, 4) is 0 Å². The molecule has 0 bridgehead atoms. The number of fused-ring (bicyclic) bond motifs is 5. The van der Waals surface area contributed by atoms with Gasteiger partial charge < -0.3 is 5.73 Å². The summed E-state index contributed by atoms with van der Waals surface area (Å²) in [4.78, 5) is 0. The van der Waals surface area contributed by atoms with E-state index in [4.69, 9.17) is 5.73 Å². The highest BCUT2D eigenvalue weighted by atomic mass is 14.7. The topological polar surface area (TPSA) is 26.0 Å². The Kier molecular flexibility index (Phi) is 5.50. The largest absolute Gasteiger partial charge is 0.328 e. The van der Waals surface area contributed by atoms with Crippen molar-refractivity contribution >= 4 is 0 Å². The molecule has 8 atom stereocenters. The van der Waals surface area contributed by atoms with Crippen LogP contribution in [-0.4, -0.2) is 6.04 Å². The minimum atomic E-state index is 0.498. The minimum absolute atomic E-state index is 0.498. The average molecular weight is 360 g/mol. The summed E-state index contributed by atoms with van der Waals surface area (Å²) >= 11 is 0. The van der Waals surface area contributed by atoms with E-state index < -0.39 is 0 Å². The van der Waals surface area contributed by atoms with Gasteiger partial charge in [-0.25, -0.2) is 0 Å². The number of unbranched alkanes of at least 4 members (excludes halogenated alkanes) is 3. The summed E-state index contributed by atoms with van der Waals surface area (Å²) in [6, 6.07) is 0.498. The smallest absolute Gasteiger partial charge is 0.00418 e. The first kappa shape index (κ1) is 19.3. The van der Waals surface area contributed by atoms with E-state index >= 15 is 0 Å². The molecule has 1 heteroatoms. The minimum Gasteiger partial charge on any atom is -0.328 e. The van der Waals surface area contributed by atoms with Crippen molar-refractivity contribution in [2.24, 2.45) is 46.2 Å². The Balaban J connectivity index is 1.46. The fraction of sp³-hybridized carbons (Fsp3) is 1.00. The number of rotatable bonds is 5. The molecule has 0 heterocycles. The fourth-order valence-corrected chi connectivity index (χ4v) is 8.69. The van der Waals surface area contributed by atoms with Gasteiger partial charge in [0.05, 0.1) is 0 Å². The van der Waals surface area contributed by atoms with E-state index in [0.717, 1.165) is 29.6 Å². The third-order valence-corrected chi connectivity index (χ3v) is 10.3. The molecule has 0 aromatic carbocycles. The van der Waals surface area contributed by atoms with Gasteiger partial charge in [0.25, 0.3) is 0 Å². The molecule has 0 aromatic rings. The van der Waals surface area contributed by atoms with Gasteiger partial charge in [0.15, 0.2) is 0 Å². The molecule has 150 valence electrons. The number of nitrogens with two attached hydrogens (primary N) is 1. The summed E-state index contributed by atoms with van der Waals surface area (Å²) in [6.45, 7) is 7.74. The van der Waals surface area contributed by atoms with Crippen LogP contribution in [0.15, 0.2) is 0 Å². The molecular formula is C25H45N. The van der Waals surface area contributed by atoms with Crippen LogP contribution in [0.4, 0.5) is 0 Å². The Hall–Kier alpha value is -0.0400. The molecule has 0 spiro atoms. The highest BCUT2D eigenvalue weighted by molar-refractivity contribution is 5.09. The van der Waals surface area contributed by atoms with Gasteiger partial charge >= 0.3 is 0 Å². The molecule has 4 aliphatic carbocycles. The molecule has 8 unspecified atom stereocenters. The van der Waals surface area contributed by atoms with E-state index in [9.17, 15) is 0 Å². The van der Waals surface area contributed by atoms with Gasteiger partial charge in [-0.2, -0.15) is 0 Å². The molecule has 1 nitrogen and oxygen atoms in total. The maximum absolute atomic E-state index is 6.36. The molecule has 2 N–H and O–H groups in total. The Labute approximate surface area is 163 Å². The van der Waals surface area contributed by atoms with Crippen molar-refractivity contribution in [2.45, 2.75) is 117 Å². The molecular weight excluding hydrogens is 314 g/mol. The lowest BCUT2D eigenvalue weighted by atomic mass is 9.44. The highest BCUT2D eigenvalue weighted by Crippen LogP contribution is 2.67. The lowest BCUT2D eigenvalue weighted by Crippen LogP contribution is -2.54. The van der Waals surface area contributed by atoms with Crippen LogP contribution in [0.5, 0.6) is 0 Å². The first-order chi connectivity index (χ1) is 12.5. The van der Waals surface area contributed by atoms with Gasteiger partial charge in [-0.05, 0) is 105 Å². The average Bonchev–Trinajstić information content (AvgIpc) is 2.96. The van der Waals surface area contributed by atoms with Crippen LogP contribution in [-0.2, 0) is 0 Å². The van der Waals surface area contributed by atoms with Crippen LogP contribution in [0, 0.1) is 40.4 Å². The van der Waals surface area contributed by atoms with Gasteiger partial charge in [-0.15, -0.1) is 0 Å². The van der Waals surface area contributed by atoms with Crippen molar-refractivity contribution in [1.29, 1.82) is 0 Å². The van der Waals surface area contributed by atoms with Crippen molar-refractivity contribution in [3.63, 3.8) is 0 Å². The van der Waals surface area contributed by atoms with Crippen molar-refractivity contribution in [2.75, 3.05) is 0 Å². The second-order valence-corrected chi connectivity index (χ2v) is 11.4. The van der Waals surface area contributed by atoms with Crippen LogP contribution in [0.2, 0.25) is 0 Å². The summed E-state index contributed by atoms with van der Waals surface area (Å²) in [7, 11) is 0. The van der Waals surface area contributed by atoms with Gasteiger partial charge in [0, 0.05) is 6.04 Å². The molecule has 0 radical (unpaired) electrons. The van der Waals surface area contributed by atoms with E-state index in [2.05, 4.69) is 20.8 Å². The van der Waals surface area contributed by atoms with Gasteiger partial charge in [0.2, 0.25) is 0 Å². The Morgan fingerprint density at radius 2 is 1.58 bits per heavy atom. The molecule has 4 saturated carbocycles. The zero-order valence-electron chi connectivity index (χ0n) is 17.9. The van der Waals surface area contributed by atoms with Gasteiger partial charge in [-0.3, -0.25) is 0 Å². The standard InChI is InChI=1S/C25H45N/c1-4-5-6-7-8-18-10-12-22-21-11-9-19-17-20(26)13-15-25(19,3)23(21)14-16-24(18,22)2/h18-23H,4-17,26H2,1-3H3. The lowest BCUT2D eigenvalue weighted by molar-refractivity contribution is -0.113. The van der Waals surface area contributed by atoms with Gasteiger partial charge in [0.1, 0.15) is 0 Å². The molecule has 0 amide bonds. The second-order valence-electron chi connectivity index (χ2n) is 11.4. The molecule has 26 heavy (non-hydrogen) atoms. The fourth-order valence-electron chi connectivity index (χ4n) is 8.69. The molecule has 4 fully saturated rings. The summed E-state index contributed by atoms with van der Waals surface area (Å²) < 4.78 is 0. The highest BCUT2D eigenvalue weighted by Gasteiger charge is 2.59. The SMILES string of the molecule is CCCCCCC1CCC2C3CCC4CC(N)CCC4(C)C3CCC12C. The van der Waals surface area contributed by atoms with E-state index in [1.54, 1.807) is 12.8 Å². The van der Waals surface area contributed by atoms with Crippen LogP contribution in [0.1, 0.15) is 111 Å². The van der Waals surface area contributed by atoms with Crippen LogP contribution in [0.25, 0.3) is 0 Å².